The molecule has 5 heteroatoms. The Balaban J connectivity index is 2.36. The minimum atomic E-state index is -0.852. The van der Waals surface area contributed by atoms with E-state index in [4.69, 9.17) is 5.11 Å². The Labute approximate surface area is 95.6 Å². The van der Waals surface area contributed by atoms with Crippen LogP contribution in [0.1, 0.15) is 26.7 Å². The number of amides is 1. The zero-order valence-electron chi connectivity index (χ0n) is 9.82. The van der Waals surface area contributed by atoms with E-state index in [2.05, 4.69) is 10.6 Å². The third-order valence-corrected chi connectivity index (χ3v) is 2.99. The van der Waals surface area contributed by atoms with Crippen LogP contribution < -0.4 is 10.6 Å². The summed E-state index contributed by atoms with van der Waals surface area (Å²) in [4.78, 5) is 22.5. The van der Waals surface area contributed by atoms with Gasteiger partial charge in [-0.25, -0.2) is 0 Å². The minimum absolute atomic E-state index is 0.0225. The van der Waals surface area contributed by atoms with E-state index < -0.39 is 11.9 Å². The van der Waals surface area contributed by atoms with Crippen LogP contribution in [0.4, 0.5) is 0 Å². The molecule has 0 radical (unpaired) electrons. The maximum atomic E-state index is 11.6. The summed E-state index contributed by atoms with van der Waals surface area (Å²) in [5, 5.41) is 14.7. The summed E-state index contributed by atoms with van der Waals surface area (Å²) in [7, 11) is 0. The number of rotatable bonds is 5. The average molecular weight is 228 g/mol. The number of carboxylic acid groups (broad SMARTS) is 1. The van der Waals surface area contributed by atoms with Crippen molar-refractivity contribution in [3.05, 3.63) is 0 Å². The lowest BCUT2D eigenvalue weighted by Gasteiger charge is -2.18. The van der Waals surface area contributed by atoms with Gasteiger partial charge in [0.1, 0.15) is 0 Å². The Morgan fingerprint density at radius 3 is 2.62 bits per heavy atom. The van der Waals surface area contributed by atoms with Crippen LogP contribution in [-0.4, -0.2) is 36.1 Å². The topological polar surface area (TPSA) is 78.4 Å². The standard InChI is InChI=1S/C11H20N2O3/c1-7(2)8(11(15)16)6-13-10(14)9-4-3-5-12-9/h7-9,12H,3-6H2,1-2H3,(H,13,14)(H,15,16). The molecule has 92 valence electrons. The maximum Gasteiger partial charge on any atom is 0.308 e. The molecule has 0 aromatic heterocycles. The van der Waals surface area contributed by atoms with Gasteiger partial charge in [-0.05, 0) is 25.3 Å². The van der Waals surface area contributed by atoms with E-state index >= 15 is 0 Å². The fourth-order valence-corrected chi connectivity index (χ4v) is 1.85. The summed E-state index contributed by atoms with van der Waals surface area (Å²) in [6.07, 6.45) is 1.84. The van der Waals surface area contributed by atoms with E-state index in [1.807, 2.05) is 13.8 Å². The van der Waals surface area contributed by atoms with Crippen molar-refractivity contribution < 1.29 is 14.7 Å². The first-order valence-electron chi connectivity index (χ1n) is 5.76. The summed E-state index contributed by atoms with van der Waals surface area (Å²) >= 11 is 0. The molecule has 1 amide bonds. The molecule has 2 unspecified atom stereocenters. The molecule has 1 aliphatic heterocycles. The van der Waals surface area contributed by atoms with Crippen molar-refractivity contribution in [2.45, 2.75) is 32.7 Å². The van der Waals surface area contributed by atoms with E-state index in [-0.39, 0.29) is 24.4 Å². The Bertz CT molecular complexity index is 260. The lowest BCUT2D eigenvalue weighted by Crippen LogP contribution is -2.44. The molecule has 0 spiro atoms. The van der Waals surface area contributed by atoms with Gasteiger partial charge >= 0.3 is 5.97 Å². The third-order valence-electron chi connectivity index (χ3n) is 2.99. The molecule has 5 nitrogen and oxygen atoms in total. The Kier molecular flexibility index (Phi) is 4.73. The van der Waals surface area contributed by atoms with Gasteiger partial charge in [0.25, 0.3) is 0 Å². The van der Waals surface area contributed by atoms with Crippen LogP contribution in [0.25, 0.3) is 0 Å². The monoisotopic (exact) mass is 228 g/mol. The van der Waals surface area contributed by atoms with Crippen LogP contribution in [0.15, 0.2) is 0 Å². The normalized spacial score (nSPS) is 22.1. The van der Waals surface area contributed by atoms with Crippen molar-refractivity contribution in [2.75, 3.05) is 13.1 Å². The van der Waals surface area contributed by atoms with Gasteiger partial charge in [-0.15, -0.1) is 0 Å². The number of carboxylic acids is 1. The number of carbonyl (C=O) groups is 2. The first kappa shape index (κ1) is 13.0. The lowest BCUT2D eigenvalue weighted by molar-refractivity contribution is -0.143. The summed E-state index contributed by atoms with van der Waals surface area (Å²) in [6.45, 7) is 4.77. The number of aliphatic carboxylic acids is 1. The molecule has 16 heavy (non-hydrogen) atoms. The number of carbonyl (C=O) groups excluding carboxylic acids is 1. The summed E-state index contributed by atoms with van der Waals surface area (Å²) in [5.74, 6) is -1.42. The number of hydrogen-bond donors (Lipinski definition) is 3. The van der Waals surface area contributed by atoms with Crippen molar-refractivity contribution in [2.24, 2.45) is 11.8 Å². The highest BCUT2D eigenvalue weighted by atomic mass is 16.4. The van der Waals surface area contributed by atoms with Gasteiger partial charge in [-0.1, -0.05) is 13.8 Å². The van der Waals surface area contributed by atoms with Crippen LogP contribution in [0.2, 0.25) is 0 Å². The molecule has 0 bridgehead atoms. The molecule has 1 aliphatic rings. The largest absolute Gasteiger partial charge is 0.481 e. The molecule has 1 fully saturated rings. The number of hydrogen-bond acceptors (Lipinski definition) is 3. The van der Waals surface area contributed by atoms with Crippen molar-refractivity contribution >= 4 is 11.9 Å². The van der Waals surface area contributed by atoms with Crippen molar-refractivity contribution in [3.8, 4) is 0 Å². The second-order valence-electron chi connectivity index (χ2n) is 4.58. The van der Waals surface area contributed by atoms with Gasteiger partial charge in [0.05, 0.1) is 12.0 Å². The molecule has 0 saturated carbocycles. The molecule has 1 heterocycles. The molecule has 0 aromatic rings. The highest BCUT2D eigenvalue weighted by Crippen LogP contribution is 2.10. The van der Waals surface area contributed by atoms with E-state index in [9.17, 15) is 9.59 Å². The minimum Gasteiger partial charge on any atom is -0.481 e. The summed E-state index contributed by atoms with van der Waals surface area (Å²) in [5.41, 5.74) is 0. The molecular formula is C11H20N2O3. The van der Waals surface area contributed by atoms with E-state index in [1.54, 1.807) is 0 Å². The predicted octanol–water partition coefficient (Wildman–Crippen LogP) is 0.211. The highest BCUT2D eigenvalue weighted by molar-refractivity contribution is 5.82. The molecule has 0 aliphatic carbocycles. The van der Waals surface area contributed by atoms with Gasteiger partial charge in [0.2, 0.25) is 5.91 Å². The Morgan fingerprint density at radius 2 is 2.19 bits per heavy atom. The van der Waals surface area contributed by atoms with E-state index in [0.29, 0.717) is 0 Å². The van der Waals surface area contributed by atoms with Crippen molar-refractivity contribution in [1.29, 1.82) is 0 Å². The maximum absolute atomic E-state index is 11.6. The molecule has 3 N–H and O–H groups in total. The lowest BCUT2D eigenvalue weighted by atomic mass is 9.96. The van der Waals surface area contributed by atoms with Crippen LogP contribution in [0.3, 0.4) is 0 Å². The highest BCUT2D eigenvalue weighted by Gasteiger charge is 2.25. The predicted molar refractivity (Wildman–Crippen MR) is 60.0 cm³/mol. The zero-order valence-corrected chi connectivity index (χ0v) is 9.82. The second kappa shape index (κ2) is 5.84. The van der Waals surface area contributed by atoms with Gasteiger partial charge in [0, 0.05) is 6.54 Å². The summed E-state index contributed by atoms with van der Waals surface area (Å²) in [6, 6.07) is -0.137. The third kappa shape index (κ3) is 3.48. The van der Waals surface area contributed by atoms with Crippen molar-refractivity contribution in [1.82, 2.24) is 10.6 Å². The fourth-order valence-electron chi connectivity index (χ4n) is 1.85. The van der Waals surface area contributed by atoms with E-state index in [1.165, 1.54) is 0 Å². The number of nitrogens with one attached hydrogen (secondary N) is 2. The molecule has 1 saturated heterocycles. The quantitative estimate of drug-likeness (QED) is 0.628. The molecular weight excluding hydrogens is 208 g/mol. The average Bonchev–Trinajstić information content (AvgIpc) is 2.69. The van der Waals surface area contributed by atoms with Gasteiger partial charge in [-0.2, -0.15) is 0 Å². The van der Waals surface area contributed by atoms with Crippen molar-refractivity contribution in [3.63, 3.8) is 0 Å². The van der Waals surface area contributed by atoms with E-state index in [0.717, 1.165) is 19.4 Å². The Morgan fingerprint density at radius 1 is 1.50 bits per heavy atom. The first-order valence-corrected chi connectivity index (χ1v) is 5.76. The van der Waals surface area contributed by atoms with Crippen LogP contribution >= 0.6 is 0 Å². The Hall–Kier alpha value is -1.10. The molecule has 0 aromatic carbocycles. The van der Waals surface area contributed by atoms with Crippen LogP contribution in [0.5, 0.6) is 0 Å². The first-order chi connectivity index (χ1) is 7.52. The van der Waals surface area contributed by atoms with Gasteiger partial charge in [-0.3, -0.25) is 9.59 Å². The second-order valence-corrected chi connectivity index (χ2v) is 4.58. The zero-order chi connectivity index (χ0) is 12.1. The van der Waals surface area contributed by atoms with Gasteiger partial charge < -0.3 is 15.7 Å². The van der Waals surface area contributed by atoms with Crippen LogP contribution in [0, 0.1) is 11.8 Å². The molecule has 2 atom stereocenters. The van der Waals surface area contributed by atoms with Gasteiger partial charge in [0.15, 0.2) is 0 Å². The molecule has 1 rings (SSSR count). The summed E-state index contributed by atoms with van der Waals surface area (Å²) < 4.78 is 0. The SMILES string of the molecule is CC(C)C(CNC(=O)C1CCCN1)C(=O)O. The smallest absolute Gasteiger partial charge is 0.308 e. The van der Waals surface area contributed by atoms with Crippen LogP contribution in [-0.2, 0) is 9.59 Å². The fraction of sp³-hybridized carbons (Fsp3) is 0.818.